The molecule has 0 atom stereocenters. The van der Waals surface area contributed by atoms with E-state index in [2.05, 4.69) is 31.6 Å². The van der Waals surface area contributed by atoms with Gasteiger partial charge in [0.25, 0.3) is 0 Å². The number of benzene rings is 2. The first-order valence-corrected chi connectivity index (χ1v) is 9.13. The molecule has 0 fully saturated rings. The lowest BCUT2D eigenvalue weighted by Crippen LogP contribution is -2.12. The largest absolute Gasteiger partial charge is 0.493 e. The van der Waals surface area contributed by atoms with E-state index in [1.807, 2.05) is 18.2 Å². The minimum atomic E-state index is 0.295. The Bertz CT molecular complexity index is 891. The highest BCUT2D eigenvalue weighted by molar-refractivity contribution is 9.10. The molecule has 3 aromatic rings. The maximum Gasteiger partial charge on any atom is 0.175 e. The summed E-state index contributed by atoms with van der Waals surface area (Å²) in [6, 6.07) is 9.16. The summed E-state index contributed by atoms with van der Waals surface area (Å²) in [4.78, 5) is 0. The predicted molar refractivity (Wildman–Crippen MR) is 105 cm³/mol. The zero-order valence-corrected chi connectivity index (χ0v) is 16.8. The molecule has 0 spiro atoms. The fourth-order valence-corrected chi connectivity index (χ4v) is 3.34. The highest BCUT2D eigenvalue weighted by Crippen LogP contribution is 2.37. The molecule has 0 aliphatic heterocycles. The van der Waals surface area contributed by atoms with Gasteiger partial charge in [-0.15, -0.1) is 10.2 Å². The summed E-state index contributed by atoms with van der Waals surface area (Å²) < 4.78 is 13.9. The third kappa shape index (κ3) is 4.60. The van der Waals surface area contributed by atoms with Crippen molar-refractivity contribution in [2.45, 2.75) is 13.2 Å². The summed E-state index contributed by atoms with van der Waals surface area (Å²) in [6.45, 7) is 0.861. The normalized spacial score (nSPS) is 10.6. The maximum absolute atomic E-state index is 6.20. The molecule has 2 aromatic carbocycles. The van der Waals surface area contributed by atoms with Crippen molar-refractivity contribution in [3.05, 3.63) is 68.6 Å². The minimum Gasteiger partial charge on any atom is -0.493 e. The molecule has 0 radical (unpaired) electrons. The maximum atomic E-state index is 6.20. The molecule has 1 N–H and O–H groups in total. The van der Waals surface area contributed by atoms with E-state index in [0.717, 1.165) is 15.6 Å². The molecule has 0 saturated carbocycles. The van der Waals surface area contributed by atoms with Crippen LogP contribution in [0.15, 0.2) is 47.5 Å². The van der Waals surface area contributed by atoms with Gasteiger partial charge in [0.1, 0.15) is 19.3 Å². The molecular formula is C17H15BrCl2N4O2. The zero-order chi connectivity index (χ0) is 18.5. The Morgan fingerprint density at radius 3 is 2.62 bits per heavy atom. The molecule has 136 valence electrons. The molecule has 0 saturated heterocycles. The standard InChI is InChI=1S/C17H15BrCl2N4O2/c1-25-16-5-11(7-23-24-9-21-22-10-24)4-14(18)17(16)26-8-12-2-3-13(19)6-15(12)20/h2-6,9-10,23H,7-8H2,1H3. The first-order chi connectivity index (χ1) is 12.6. The van der Waals surface area contributed by atoms with E-state index in [0.29, 0.717) is 34.7 Å². The van der Waals surface area contributed by atoms with Crippen LogP contribution in [0.5, 0.6) is 11.5 Å². The van der Waals surface area contributed by atoms with E-state index in [9.17, 15) is 0 Å². The molecule has 6 nitrogen and oxygen atoms in total. The summed E-state index contributed by atoms with van der Waals surface area (Å²) in [5, 5.41) is 8.63. The van der Waals surface area contributed by atoms with Crippen LogP contribution >= 0.6 is 39.1 Å². The van der Waals surface area contributed by atoms with Crippen molar-refractivity contribution < 1.29 is 9.47 Å². The Balaban J connectivity index is 1.74. The number of halogens is 3. The van der Waals surface area contributed by atoms with Gasteiger partial charge in [0.2, 0.25) is 0 Å². The molecule has 1 aromatic heterocycles. The molecule has 1 heterocycles. The summed E-state index contributed by atoms with van der Waals surface area (Å²) in [7, 11) is 1.60. The van der Waals surface area contributed by atoms with Gasteiger partial charge in [0, 0.05) is 15.6 Å². The number of ether oxygens (including phenoxy) is 2. The number of aromatic nitrogens is 3. The van der Waals surface area contributed by atoms with Crippen LogP contribution in [0.1, 0.15) is 11.1 Å². The van der Waals surface area contributed by atoms with Crippen molar-refractivity contribution >= 4 is 39.1 Å². The van der Waals surface area contributed by atoms with Crippen molar-refractivity contribution in [1.82, 2.24) is 14.9 Å². The van der Waals surface area contributed by atoms with E-state index >= 15 is 0 Å². The van der Waals surface area contributed by atoms with Crippen LogP contribution in [0.2, 0.25) is 10.0 Å². The average molecular weight is 458 g/mol. The second kappa shape index (κ2) is 8.62. The Morgan fingerprint density at radius 1 is 1.15 bits per heavy atom. The second-order valence-electron chi connectivity index (χ2n) is 5.34. The number of nitrogens with one attached hydrogen (secondary N) is 1. The van der Waals surface area contributed by atoms with Gasteiger partial charge in [-0.2, -0.15) is 0 Å². The second-order valence-corrected chi connectivity index (χ2v) is 7.04. The van der Waals surface area contributed by atoms with Crippen LogP contribution in [-0.2, 0) is 13.2 Å². The Morgan fingerprint density at radius 2 is 1.92 bits per heavy atom. The number of hydrogen-bond acceptors (Lipinski definition) is 5. The first kappa shape index (κ1) is 18.8. The fourth-order valence-electron chi connectivity index (χ4n) is 2.27. The monoisotopic (exact) mass is 456 g/mol. The van der Waals surface area contributed by atoms with Crippen molar-refractivity contribution in [2.75, 3.05) is 12.5 Å². The highest BCUT2D eigenvalue weighted by Gasteiger charge is 2.13. The summed E-state index contributed by atoms with van der Waals surface area (Å²) in [5.41, 5.74) is 4.99. The van der Waals surface area contributed by atoms with Crippen molar-refractivity contribution in [3.8, 4) is 11.5 Å². The molecule has 3 rings (SSSR count). The lowest BCUT2D eigenvalue weighted by Gasteiger charge is -2.15. The van der Waals surface area contributed by atoms with Gasteiger partial charge in [-0.25, -0.2) is 4.68 Å². The van der Waals surface area contributed by atoms with Gasteiger partial charge in [-0.1, -0.05) is 29.3 Å². The van der Waals surface area contributed by atoms with E-state index in [1.165, 1.54) is 0 Å². The van der Waals surface area contributed by atoms with Gasteiger partial charge >= 0.3 is 0 Å². The summed E-state index contributed by atoms with van der Waals surface area (Å²) in [6.07, 6.45) is 3.17. The predicted octanol–water partition coefficient (Wildman–Crippen LogP) is 4.68. The number of rotatable bonds is 7. The SMILES string of the molecule is COc1cc(CNn2cnnc2)cc(Br)c1OCc1ccc(Cl)cc1Cl. The quantitative estimate of drug-likeness (QED) is 0.558. The molecule has 26 heavy (non-hydrogen) atoms. The van der Waals surface area contributed by atoms with Crippen LogP contribution < -0.4 is 14.9 Å². The third-order valence-electron chi connectivity index (χ3n) is 3.56. The summed E-state index contributed by atoms with van der Waals surface area (Å²) in [5.74, 6) is 1.22. The minimum absolute atomic E-state index is 0.295. The molecule has 0 aliphatic rings. The van der Waals surface area contributed by atoms with Crippen molar-refractivity contribution in [2.24, 2.45) is 0 Å². The highest BCUT2D eigenvalue weighted by atomic mass is 79.9. The topological polar surface area (TPSA) is 61.2 Å². The fraction of sp³-hybridized carbons (Fsp3) is 0.176. The molecule has 0 aliphatic carbocycles. The Labute approximate surface area is 169 Å². The van der Waals surface area contributed by atoms with E-state index in [-0.39, 0.29) is 0 Å². The van der Waals surface area contributed by atoms with Crippen molar-refractivity contribution in [1.29, 1.82) is 0 Å². The van der Waals surface area contributed by atoms with Crippen LogP contribution in [0.4, 0.5) is 0 Å². The van der Waals surface area contributed by atoms with Gasteiger partial charge in [-0.05, 0) is 45.8 Å². The van der Waals surface area contributed by atoms with Crippen LogP contribution in [-0.4, -0.2) is 22.0 Å². The zero-order valence-electron chi connectivity index (χ0n) is 13.7. The van der Waals surface area contributed by atoms with Crippen LogP contribution in [0, 0.1) is 0 Å². The van der Waals surface area contributed by atoms with Gasteiger partial charge in [0.05, 0.1) is 18.1 Å². The molecule has 0 unspecified atom stereocenters. The lowest BCUT2D eigenvalue weighted by molar-refractivity contribution is 0.282. The molecule has 0 bridgehead atoms. The van der Waals surface area contributed by atoms with Crippen LogP contribution in [0.3, 0.4) is 0 Å². The van der Waals surface area contributed by atoms with Crippen molar-refractivity contribution in [3.63, 3.8) is 0 Å². The lowest BCUT2D eigenvalue weighted by atomic mass is 10.2. The Kier molecular flexibility index (Phi) is 6.24. The third-order valence-corrected chi connectivity index (χ3v) is 4.74. The number of methoxy groups -OCH3 is 1. The van der Waals surface area contributed by atoms with E-state index in [1.54, 1.807) is 36.6 Å². The van der Waals surface area contributed by atoms with Gasteiger partial charge < -0.3 is 14.9 Å². The average Bonchev–Trinajstić information content (AvgIpc) is 3.13. The van der Waals surface area contributed by atoms with Gasteiger partial charge in [-0.3, -0.25) is 0 Å². The van der Waals surface area contributed by atoms with E-state index in [4.69, 9.17) is 32.7 Å². The Hall–Kier alpha value is -1.96. The number of nitrogens with zero attached hydrogens (tertiary/aromatic N) is 3. The number of hydrogen-bond donors (Lipinski definition) is 1. The van der Waals surface area contributed by atoms with E-state index < -0.39 is 0 Å². The molecule has 9 heteroatoms. The molecular weight excluding hydrogens is 443 g/mol. The van der Waals surface area contributed by atoms with Crippen LogP contribution in [0.25, 0.3) is 0 Å². The summed E-state index contributed by atoms with van der Waals surface area (Å²) >= 11 is 15.7. The van der Waals surface area contributed by atoms with Gasteiger partial charge in [0.15, 0.2) is 11.5 Å². The first-order valence-electron chi connectivity index (χ1n) is 7.58. The smallest absolute Gasteiger partial charge is 0.175 e. The molecule has 0 amide bonds.